The molecule has 0 aliphatic carbocycles. The van der Waals surface area contributed by atoms with Gasteiger partial charge in [0.15, 0.2) is 0 Å². The number of hydrogen-bond acceptors (Lipinski definition) is 4. The van der Waals surface area contributed by atoms with Crippen molar-refractivity contribution in [2.24, 2.45) is 0 Å². The zero-order valence-corrected chi connectivity index (χ0v) is 15.1. The van der Waals surface area contributed by atoms with Crippen LogP contribution in [0.25, 0.3) is 22.7 Å². The number of rotatable bonds is 6. The van der Waals surface area contributed by atoms with Gasteiger partial charge in [0.1, 0.15) is 10.8 Å². The molecule has 0 fully saturated rings. The summed E-state index contributed by atoms with van der Waals surface area (Å²) in [7, 11) is 0. The van der Waals surface area contributed by atoms with Gasteiger partial charge in [0.2, 0.25) is 0 Å². The molecule has 1 heterocycles. The summed E-state index contributed by atoms with van der Waals surface area (Å²) in [6.45, 7) is 0. The molecule has 2 aromatic carbocycles. The van der Waals surface area contributed by atoms with E-state index < -0.39 is 12.3 Å². The first-order valence-corrected chi connectivity index (χ1v) is 8.97. The van der Waals surface area contributed by atoms with Gasteiger partial charge in [-0.3, -0.25) is 4.79 Å². The summed E-state index contributed by atoms with van der Waals surface area (Å²) in [6, 6.07) is 12.7. The second-order valence-electron chi connectivity index (χ2n) is 5.75. The molecule has 0 spiro atoms. The summed E-state index contributed by atoms with van der Waals surface area (Å²) in [6.07, 6.45) is -1.24. The number of nitrogens with zero attached hydrogens (tertiary/aromatic N) is 1. The van der Waals surface area contributed by atoms with Gasteiger partial charge < -0.3 is 9.84 Å². The number of alkyl halides is 3. The molecule has 144 valence electrons. The fraction of sp³-hybridized carbons (Fsp3) is 0.100. The van der Waals surface area contributed by atoms with Gasteiger partial charge in [-0.1, -0.05) is 30.3 Å². The van der Waals surface area contributed by atoms with E-state index in [1.165, 1.54) is 35.6 Å². The van der Waals surface area contributed by atoms with Crippen LogP contribution in [0.5, 0.6) is 5.75 Å². The summed E-state index contributed by atoms with van der Waals surface area (Å²) in [5.41, 5.74) is 2.82. The Hall–Kier alpha value is -3.13. The Kier molecular flexibility index (Phi) is 5.79. The summed E-state index contributed by atoms with van der Waals surface area (Å²) in [4.78, 5) is 15.4. The molecule has 0 atom stereocenters. The molecular formula is C20H14F3NO3S. The molecule has 28 heavy (non-hydrogen) atoms. The third kappa shape index (κ3) is 5.43. The molecule has 0 unspecified atom stereocenters. The molecule has 3 rings (SSSR count). The van der Waals surface area contributed by atoms with Crippen LogP contribution in [0, 0.1) is 0 Å². The fourth-order valence-corrected chi connectivity index (χ4v) is 3.28. The number of ether oxygens (including phenoxy) is 1. The highest BCUT2D eigenvalue weighted by atomic mass is 32.1. The molecule has 0 amide bonds. The number of aliphatic carboxylic acids is 1. The van der Waals surface area contributed by atoms with E-state index >= 15 is 0 Å². The molecule has 0 aliphatic heterocycles. The Bertz CT molecular complexity index is 994. The standard InChI is InChI=1S/C20H14F3NO3S/c21-20(22,23)27-17-9-6-14(7-10-17)19-24-16(12-28-19)8-5-13-3-1-2-4-15(13)11-18(25)26/h1-10,12H,11H2,(H,25,26)/b8-5+. The Balaban J connectivity index is 1.74. The molecule has 8 heteroatoms. The van der Waals surface area contributed by atoms with Crippen molar-refractivity contribution in [3.8, 4) is 16.3 Å². The van der Waals surface area contributed by atoms with Crippen LogP contribution in [-0.4, -0.2) is 22.4 Å². The Morgan fingerprint density at radius 3 is 2.50 bits per heavy atom. The number of hydrogen-bond donors (Lipinski definition) is 1. The van der Waals surface area contributed by atoms with Gasteiger partial charge in [-0.15, -0.1) is 24.5 Å². The van der Waals surface area contributed by atoms with Crippen molar-refractivity contribution < 1.29 is 27.8 Å². The van der Waals surface area contributed by atoms with E-state index in [4.69, 9.17) is 5.11 Å². The van der Waals surface area contributed by atoms with Crippen LogP contribution in [-0.2, 0) is 11.2 Å². The Labute approximate surface area is 162 Å². The van der Waals surface area contributed by atoms with Crippen LogP contribution < -0.4 is 4.74 Å². The maximum Gasteiger partial charge on any atom is 0.573 e. The van der Waals surface area contributed by atoms with Crippen molar-refractivity contribution in [2.75, 3.05) is 0 Å². The van der Waals surface area contributed by atoms with Crippen LogP contribution in [0.15, 0.2) is 53.9 Å². The van der Waals surface area contributed by atoms with Gasteiger partial charge in [-0.25, -0.2) is 4.98 Å². The molecule has 3 aromatic rings. The molecule has 0 radical (unpaired) electrons. The van der Waals surface area contributed by atoms with Crippen molar-refractivity contribution in [3.05, 3.63) is 70.7 Å². The third-order valence-corrected chi connectivity index (χ3v) is 4.60. The highest BCUT2D eigenvalue weighted by Crippen LogP contribution is 2.28. The summed E-state index contributed by atoms with van der Waals surface area (Å²) in [5.74, 6) is -1.20. The zero-order chi connectivity index (χ0) is 20.1. The number of thiazole rings is 1. The minimum Gasteiger partial charge on any atom is -0.481 e. The number of aromatic nitrogens is 1. The average Bonchev–Trinajstić information content (AvgIpc) is 3.09. The Morgan fingerprint density at radius 2 is 1.82 bits per heavy atom. The molecule has 1 N–H and O–H groups in total. The molecule has 0 saturated carbocycles. The Morgan fingerprint density at radius 1 is 1.11 bits per heavy atom. The predicted octanol–water partition coefficient (Wildman–Crippen LogP) is 5.51. The predicted molar refractivity (Wildman–Crippen MR) is 101 cm³/mol. The van der Waals surface area contributed by atoms with Crippen LogP contribution in [0.4, 0.5) is 13.2 Å². The van der Waals surface area contributed by atoms with Crippen molar-refractivity contribution in [1.82, 2.24) is 4.98 Å². The third-order valence-electron chi connectivity index (χ3n) is 3.69. The molecule has 0 aliphatic rings. The first-order valence-electron chi connectivity index (χ1n) is 8.10. The van der Waals surface area contributed by atoms with E-state index in [0.717, 1.165) is 5.56 Å². The van der Waals surface area contributed by atoms with Crippen molar-refractivity contribution in [1.29, 1.82) is 0 Å². The normalized spacial score (nSPS) is 11.7. The summed E-state index contributed by atoms with van der Waals surface area (Å²) in [5, 5.41) is 11.4. The number of benzene rings is 2. The number of carbonyl (C=O) groups is 1. The van der Waals surface area contributed by atoms with Gasteiger partial charge in [-0.05, 0) is 41.5 Å². The van der Waals surface area contributed by atoms with Crippen molar-refractivity contribution in [3.63, 3.8) is 0 Å². The zero-order valence-electron chi connectivity index (χ0n) is 14.3. The van der Waals surface area contributed by atoms with Gasteiger partial charge >= 0.3 is 12.3 Å². The minimum atomic E-state index is -4.72. The van der Waals surface area contributed by atoms with Crippen LogP contribution in [0.1, 0.15) is 16.8 Å². The lowest BCUT2D eigenvalue weighted by molar-refractivity contribution is -0.274. The molecule has 1 aromatic heterocycles. The lowest BCUT2D eigenvalue weighted by Gasteiger charge is -2.08. The lowest BCUT2D eigenvalue weighted by Crippen LogP contribution is -2.16. The SMILES string of the molecule is O=C(O)Cc1ccccc1/C=C/c1csc(-c2ccc(OC(F)(F)F)cc2)n1. The van der Waals surface area contributed by atoms with E-state index in [1.807, 2.05) is 17.5 Å². The number of carboxylic acid groups (broad SMARTS) is 1. The highest BCUT2D eigenvalue weighted by Gasteiger charge is 2.30. The molecule has 0 bridgehead atoms. The minimum absolute atomic E-state index is 0.0742. The van der Waals surface area contributed by atoms with Crippen LogP contribution in [0.2, 0.25) is 0 Å². The van der Waals surface area contributed by atoms with E-state index in [1.54, 1.807) is 24.3 Å². The first kappa shape index (κ1) is 19.6. The number of halogens is 3. The topological polar surface area (TPSA) is 59.4 Å². The smallest absolute Gasteiger partial charge is 0.481 e. The molecule has 4 nitrogen and oxygen atoms in total. The van der Waals surface area contributed by atoms with Gasteiger partial charge in [-0.2, -0.15) is 0 Å². The van der Waals surface area contributed by atoms with Crippen LogP contribution in [0.3, 0.4) is 0 Å². The average molecular weight is 405 g/mol. The van der Waals surface area contributed by atoms with Gasteiger partial charge in [0.25, 0.3) is 0 Å². The summed E-state index contributed by atoms with van der Waals surface area (Å²) >= 11 is 1.35. The largest absolute Gasteiger partial charge is 0.573 e. The second kappa shape index (κ2) is 8.26. The monoisotopic (exact) mass is 405 g/mol. The quantitative estimate of drug-likeness (QED) is 0.588. The lowest BCUT2D eigenvalue weighted by atomic mass is 10.0. The van der Waals surface area contributed by atoms with E-state index in [9.17, 15) is 18.0 Å². The van der Waals surface area contributed by atoms with Gasteiger partial charge in [0, 0.05) is 10.9 Å². The van der Waals surface area contributed by atoms with Crippen molar-refractivity contribution >= 4 is 29.5 Å². The second-order valence-corrected chi connectivity index (χ2v) is 6.61. The fourth-order valence-electron chi connectivity index (χ4n) is 2.49. The maximum atomic E-state index is 12.2. The van der Waals surface area contributed by atoms with E-state index in [0.29, 0.717) is 21.8 Å². The maximum absolute atomic E-state index is 12.2. The molecular weight excluding hydrogens is 391 g/mol. The summed E-state index contributed by atoms with van der Waals surface area (Å²) < 4.78 is 40.5. The number of carboxylic acids is 1. The van der Waals surface area contributed by atoms with Crippen molar-refractivity contribution in [2.45, 2.75) is 12.8 Å². The van der Waals surface area contributed by atoms with E-state index in [-0.39, 0.29) is 12.2 Å². The first-order chi connectivity index (χ1) is 13.3. The van der Waals surface area contributed by atoms with Gasteiger partial charge in [0.05, 0.1) is 12.1 Å². The highest BCUT2D eigenvalue weighted by molar-refractivity contribution is 7.13. The molecule has 0 saturated heterocycles. The van der Waals surface area contributed by atoms with Crippen LogP contribution >= 0.6 is 11.3 Å². The van der Waals surface area contributed by atoms with E-state index in [2.05, 4.69) is 9.72 Å².